The molecule has 2 rings (SSSR count). The molecule has 0 atom stereocenters. The lowest BCUT2D eigenvalue weighted by Crippen LogP contribution is -2.26. The van der Waals surface area contributed by atoms with E-state index in [2.05, 4.69) is 16.4 Å². The van der Waals surface area contributed by atoms with Gasteiger partial charge in [0.2, 0.25) is 0 Å². The average Bonchev–Trinajstić information content (AvgIpc) is 2.82. The number of anilines is 1. The van der Waals surface area contributed by atoms with Gasteiger partial charge in [-0.1, -0.05) is 6.07 Å². The Morgan fingerprint density at radius 1 is 1.47 bits per heavy atom. The van der Waals surface area contributed by atoms with Crippen molar-refractivity contribution in [2.45, 2.75) is 6.42 Å². The molecule has 1 amide bonds. The van der Waals surface area contributed by atoms with Crippen molar-refractivity contribution >= 4 is 22.9 Å². The third-order valence-corrected chi connectivity index (χ3v) is 3.27. The van der Waals surface area contributed by atoms with E-state index in [1.54, 1.807) is 23.6 Å². The molecule has 0 saturated carbocycles. The molecule has 17 heavy (non-hydrogen) atoms. The number of thiophene rings is 1. The molecule has 5 heteroatoms. The second kappa shape index (κ2) is 5.45. The van der Waals surface area contributed by atoms with Crippen molar-refractivity contribution < 1.29 is 4.79 Å². The predicted octanol–water partition coefficient (Wildman–Crippen LogP) is 1.70. The van der Waals surface area contributed by atoms with Gasteiger partial charge in [0.05, 0.1) is 5.56 Å². The van der Waals surface area contributed by atoms with Crippen LogP contribution in [0.15, 0.2) is 36.0 Å². The summed E-state index contributed by atoms with van der Waals surface area (Å²) in [5, 5.41) is 4.85. The molecular formula is C12H13N3OS. The maximum Gasteiger partial charge on any atom is 0.254 e. The summed E-state index contributed by atoms with van der Waals surface area (Å²) < 4.78 is 0. The molecule has 2 aromatic rings. The van der Waals surface area contributed by atoms with Gasteiger partial charge in [-0.3, -0.25) is 9.78 Å². The molecule has 88 valence electrons. The Balaban J connectivity index is 1.88. The van der Waals surface area contributed by atoms with Crippen LogP contribution in [-0.4, -0.2) is 17.4 Å². The van der Waals surface area contributed by atoms with Crippen LogP contribution in [0, 0.1) is 0 Å². The van der Waals surface area contributed by atoms with Crippen LogP contribution in [0.1, 0.15) is 15.2 Å². The molecule has 0 aromatic carbocycles. The van der Waals surface area contributed by atoms with Gasteiger partial charge in [0.1, 0.15) is 0 Å². The molecule has 3 N–H and O–H groups in total. The lowest BCUT2D eigenvalue weighted by molar-refractivity contribution is 0.0955. The van der Waals surface area contributed by atoms with E-state index >= 15 is 0 Å². The van der Waals surface area contributed by atoms with E-state index in [-0.39, 0.29) is 5.91 Å². The lowest BCUT2D eigenvalue weighted by atomic mass is 10.2. The topological polar surface area (TPSA) is 68.0 Å². The van der Waals surface area contributed by atoms with E-state index < -0.39 is 0 Å². The normalized spacial score (nSPS) is 10.1. The van der Waals surface area contributed by atoms with Crippen molar-refractivity contribution in [1.82, 2.24) is 10.3 Å². The second-order valence-corrected chi connectivity index (χ2v) is 4.58. The number of nitrogen functional groups attached to an aromatic ring is 1. The van der Waals surface area contributed by atoms with Crippen molar-refractivity contribution in [2.75, 3.05) is 12.3 Å². The SMILES string of the molecule is Nc1ccncc1C(=O)NCCc1cccs1. The third kappa shape index (κ3) is 3.04. The van der Waals surface area contributed by atoms with Gasteiger partial charge in [-0.25, -0.2) is 0 Å². The maximum atomic E-state index is 11.8. The summed E-state index contributed by atoms with van der Waals surface area (Å²) in [4.78, 5) is 16.9. The van der Waals surface area contributed by atoms with Gasteiger partial charge in [-0.05, 0) is 23.9 Å². The van der Waals surface area contributed by atoms with Crippen LogP contribution in [0.5, 0.6) is 0 Å². The highest BCUT2D eigenvalue weighted by atomic mass is 32.1. The number of nitrogens with zero attached hydrogens (tertiary/aromatic N) is 1. The van der Waals surface area contributed by atoms with Crippen molar-refractivity contribution in [3.63, 3.8) is 0 Å². The summed E-state index contributed by atoms with van der Waals surface area (Å²) in [6, 6.07) is 5.67. The average molecular weight is 247 g/mol. The number of rotatable bonds is 4. The summed E-state index contributed by atoms with van der Waals surface area (Å²) in [5.41, 5.74) is 6.57. The molecule has 0 aliphatic carbocycles. The largest absolute Gasteiger partial charge is 0.398 e. The van der Waals surface area contributed by atoms with Crippen LogP contribution < -0.4 is 11.1 Å². The Labute approximate surface area is 103 Å². The Kier molecular flexibility index (Phi) is 3.72. The van der Waals surface area contributed by atoms with Crippen molar-refractivity contribution in [3.8, 4) is 0 Å². The number of pyridine rings is 1. The number of aromatic nitrogens is 1. The summed E-state index contributed by atoms with van der Waals surface area (Å²) in [7, 11) is 0. The van der Waals surface area contributed by atoms with Crippen LogP contribution in [0.3, 0.4) is 0 Å². The Bertz CT molecular complexity index is 496. The number of amides is 1. The number of hydrogen-bond donors (Lipinski definition) is 2. The minimum Gasteiger partial charge on any atom is -0.398 e. The van der Waals surface area contributed by atoms with Gasteiger partial charge in [0.25, 0.3) is 5.91 Å². The van der Waals surface area contributed by atoms with E-state index in [0.29, 0.717) is 17.8 Å². The first-order valence-corrected chi connectivity index (χ1v) is 6.15. The zero-order chi connectivity index (χ0) is 12.1. The number of carbonyl (C=O) groups is 1. The number of carbonyl (C=O) groups excluding carboxylic acids is 1. The monoisotopic (exact) mass is 247 g/mol. The molecule has 0 bridgehead atoms. The van der Waals surface area contributed by atoms with Crippen LogP contribution in [0.2, 0.25) is 0 Å². The zero-order valence-corrected chi connectivity index (χ0v) is 10.0. The first-order valence-electron chi connectivity index (χ1n) is 5.27. The van der Waals surface area contributed by atoms with Crippen molar-refractivity contribution in [3.05, 3.63) is 46.4 Å². The van der Waals surface area contributed by atoms with E-state index in [1.165, 1.54) is 11.1 Å². The predicted molar refractivity (Wildman–Crippen MR) is 69.0 cm³/mol. The van der Waals surface area contributed by atoms with Crippen molar-refractivity contribution in [2.24, 2.45) is 0 Å². The smallest absolute Gasteiger partial charge is 0.254 e. The highest BCUT2D eigenvalue weighted by Crippen LogP contribution is 2.10. The van der Waals surface area contributed by atoms with Crippen LogP contribution in [-0.2, 0) is 6.42 Å². The molecular weight excluding hydrogens is 234 g/mol. The standard InChI is InChI=1S/C12H13N3OS/c13-11-4-5-14-8-10(11)12(16)15-6-3-9-2-1-7-17-9/h1-2,4-5,7-8H,3,6H2,(H2,13,14)(H,15,16). The minimum absolute atomic E-state index is 0.174. The van der Waals surface area contributed by atoms with Gasteiger partial charge in [-0.2, -0.15) is 0 Å². The second-order valence-electron chi connectivity index (χ2n) is 3.55. The summed E-state index contributed by atoms with van der Waals surface area (Å²) in [6.07, 6.45) is 3.89. The fraction of sp³-hybridized carbons (Fsp3) is 0.167. The Morgan fingerprint density at radius 2 is 2.35 bits per heavy atom. The Morgan fingerprint density at radius 3 is 3.06 bits per heavy atom. The van der Waals surface area contributed by atoms with Crippen LogP contribution in [0.25, 0.3) is 0 Å². The van der Waals surface area contributed by atoms with E-state index in [4.69, 9.17) is 5.73 Å². The molecule has 0 saturated heterocycles. The molecule has 0 aliphatic rings. The molecule has 0 aliphatic heterocycles. The van der Waals surface area contributed by atoms with E-state index in [1.807, 2.05) is 11.4 Å². The quantitative estimate of drug-likeness (QED) is 0.864. The zero-order valence-electron chi connectivity index (χ0n) is 9.22. The van der Waals surface area contributed by atoms with Crippen molar-refractivity contribution in [1.29, 1.82) is 0 Å². The molecule has 2 heterocycles. The van der Waals surface area contributed by atoms with Gasteiger partial charge in [0.15, 0.2) is 0 Å². The third-order valence-electron chi connectivity index (χ3n) is 2.34. The van der Waals surface area contributed by atoms with Gasteiger partial charge in [0, 0.05) is 29.5 Å². The highest BCUT2D eigenvalue weighted by Gasteiger charge is 2.08. The molecule has 0 unspecified atom stereocenters. The molecule has 0 radical (unpaired) electrons. The highest BCUT2D eigenvalue weighted by molar-refractivity contribution is 7.09. The fourth-order valence-corrected chi connectivity index (χ4v) is 2.15. The molecule has 4 nitrogen and oxygen atoms in total. The Hall–Kier alpha value is -1.88. The van der Waals surface area contributed by atoms with Gasteiger partial charge < -0.3 is 11.1 Å². The molecule has 0 spiro atoms. The number of nitrogens with one attached hydrogen (secondary N) is 1. The summed E-state index contributed by atoms with van der Waals surface area (Å²) >= 11 is 1.69. The fourth-order valence-electron chi connectivity index (χ4n) is 1.44. The minimum atomic E-state index is -0.174. The summed E-state index contributed by atoms with van der Waals surface area (Å²) in [6.45, 7) is 0.605. The first-order chi connectivity index (χ1) is 8.27. The van der Waals surface area contributed by atoms with Gasteiger partial charge in [-0.15, -0.1) is 11.3 Å². The van der Waals surface area contributed by atoms with E-state index in [0.717, 1.165) is 6.42 Å². The number of hydrogen-bond acceptors (Lipinski definition) is 4. The maximum absolute atomic E-state index is 11.8. The summed E-state index contributed by atoms with van der Waals surface area (Å²) in [5.74, 6) is -0.174. The molecule has 0 fully saturated rings. The van der Waals surface area contributed by atoms with Crippen LogP contribution in [0.4, 0.5) is 5.69 Å². The van der Waals surface area contributed by atoms with Crippen LogP contribution >= 0.6 is 11.3 Å². The lowest BCUT2D eigenvalue weighted by Gasteiger charge is -2.05. The first kappa shape index (κ1) is 11.6. The van der Waals surface area contributed by atoms with Gasteiger partial charge >= 0.3 is 0 Å². The number of nitrogens with two attached hydrogens (primary N) is 1. The molecule has 2 aromatic heterocycles. The van der Waals surface area contributed by atoms with E-state index in [9.17, 15) is 4.79 Å².